The summed E-state index contributed by atoms with van der Waals surface area (Å²) in [7, 11) is -3.79. The molecule has 0 saturated heterocycles. The normalized spacial score (nSPS) is 15.0. The molecule has 168 valence electrons. The van der Waals surface area contributed by atoms with Crippen LogP contribution in [0.1, 0.15) is 38.1 Å². The quantitative estimate of drug-likeness (QED) is 0.419. The molecular formula is C22H24N4O4S2. The van der Waals surface area contributed by atoms with E-state index in [1.807, 2.05) is 12.1 Å². The van der Waals surface area contributed by atoms with Gasteiger partial charge in [0.25, 0.3) is 5.56 Å². The van der Waals surface area contributed by atoms with Gasteiger partial charge < -0.3 is 5.32 Å². The van der Waals surface area contributed by atoms with Crippen molar-refractivity contribution in [1.29, 1.82) is 0 Å². The van der Waals surface area contributed by atoms with E-state index < -0.39 is 10.0 Å². The number of rotatable bonds is 6. The number of para-hydroxylation sites is 1. The first-order valence-electron chi connectivity index (χ1n) is 10.4. The minimum atomic E-state index is -3.79. The number of aromatic nitrogens is 2. The van der Waals surface area contributed by atoms with Crippen molar-refractivity contribution in [3.63, 3.8) is 0 Å². The van der Waals surface area contributed by atoms with Crippen LogP contribution < -0.4 is 16.0 Å². The van der Waals surface area contributed by atoms with E-state index in [1.54, 1.807) is 16.7 Å². The average Bonchev–Trinajstić information content (AvgIpc) is 2.78. The van der Waals surface area contributed by atoms with E-state index in [4.69, 9.17) is 10.1 Å². The number of amides is 1. The van der Waals surface area contributed by atoms with Crippen molar-refractivity contribution in [1.82, 2.24) is 9.55 Å². The predicted octanol–water partition coefficient (Wildman–Crippen LogP) is 3.28. The van der Waals surface area contributed by atoms with Crippen LogP contribution >= 0.6 is 11.8 Å². The Morgan fingerprint density at radius 1 is 1.09 bits per heavy atom. The van der Waals surface area contributed by atoms with E-state index in [0.29, 0.717) is 21.7 Å². The smallest absolute Gasteiger partial charge is 0.262 e. The van der Waals surface area contributed by atoms with Gasteiger partial charge in [-0.1, -0.05) is 43.2 Å². The maximum atomic E-state index is 13.2. The Morgan fingerprint density at radius 3 is 2.47 bits per heavy atom. The summed E-state index contributed by atoms with van der Waals surface area (Å²) in [5.41, 5.74) is 1.01. The molecule has 1 saturated carbocycles. The number of sulfonamides is 1. The lowest BCUT2D eigenvalue weighted by atomic mass is 9.95. The Kier molecular flexibility index (Phi) is 6.63. The molecule has 1 aromatic heterocycles. The zero-order chi connectivity index (χ0) is 22.7. The van der Waals surface area contributed by atoms with E-state index in [2.05, 4.69) is 5.32 Å². The highest BCUT2D eigenvalue weighted by Crippen LogP contribution is 2.31. The number of nitrogens with zero attached hydrogens (tertiary/aromatic N) is 2. The van der Waals surface area contributed by atoms with Gasteiger partial charge in [-0.25, -0.2) is 18.5 Å². The molecule has 10 heteroatoms. The van der Waals surface area contributed by atoms with Gasteiger partial charge in [0.15, 0.2) is 5.16 Å². The van der Waals surface area contributed by atoms with Gasteiger partial charge in [-0.05, 0) is 49.2 Å². The minimum absolute atomic E-state index is 0.0262. The van der Waals surface area contributed by atoms with E-state index >= 15 is 0 Å². The number of thioether (sulfide) groups is 1. The maximum Gasteiger partial charge on any atom is 0.262 e. The zero-order valence-electron chi connectivity index (χ0n) is 17.4. The van der Waals surface area contributed by atoms with E-state index in [-0.39, 0.29) is 28.2 Å². The third-order valence-electron chi connectivity index (χ3n) is 5.51. The Balaban J connectivity index is 1.54. The average molecular weight is 473 g/mol. The fourth-order valence-corrected chi connectivity index (χ4v) is 5.33. The molecule has 4 rings (SSSR count). The third-order valence-corrected chi connectivity index (χ3v) is 7.40. The molecule has 0 radical (unpaired) electrons. The molecule has 1 amide bonds. The standard InChI is InChI=1S/C22H24N4O4S2/c23-32(29,30)17-12-10-15(11-13-17)24-20(27)14-31-22-25-19-9-5-4-8-18(19)21(28)26(22)16-6-2-1-3-7-16/h4-5,8-13,16H,1-3,6-7,14H2,(H,24,27)(H2,23,29,30). The van der Waals surface area contributed by atoms with E-state index in [1.165, 1.54) is 42.4 Å². The number of benzene rings is 2. The first-order chi connectivity index (χ1) is 15.3. The summed E-state index contributed by atoms with van der Waals surface area (Å²) in [5.74, 6) is -0.218. The molecule has 0 unspecified atom stereocenters. The van der Waals surface area contributed by atoms with Crippen molar-refractivity contribution in [2.45, 2.75) is 48.2 Å². The van der Waals surface area contributed by atoms with Crippen molar-refractivity contribution in [3.05, 3.63) is 58.9 Å². The topological polar surface area (TPSA) is 124 Å². The van der Waals surface area contributed by atoms with Crippen LogP contribution in [0.15, 0.2) is 63.4 Å². The Labute approximate surface area is 190 Å². The number of primary sulfonamides is 1. The van der Waals surface area contributed by atoms with E-state index in [9.17, 15) is 18.0 Å². The highest BCUT2D eigenvalue weighted by molar-refractivity contribution is 7.99. The molecular weight excluding hydrogens is 448 g/mol. The Hall–Kier alpha value is -2.69. The summed E-state index contributed by atoms with van der Waals surface area (Å²) < 4.78 is 24.5. The number of anilines is 1. The largest absolute Gasteiger partial charge is 0.325 e. The molecule has 0 aliphatic heterocycles. The summed E-state index contributed by atoms with van der Waals surface area (Å²) >= 11 is 1.23. The SMILES string of the molecule is NS(=O)(=O)c1ccc(NC(=O)CSc2nc3ccccc3c(=O)n2C2CCCCC2)cc1. The van der Waals surface area contributed by atoms with Crippen LogP contribution in [0.2, 0.25) is 0 Å². The number of fused-ring (bicyclic) bond motifs is 1. The maximum absolute atomic E-state index is 13.2. The van der Waals surface area contributed by atoms with Crippen molar-refractivity contribution in [3.8, 4) is 0 Å². The predicted molar refractivity (Wildman–Crippen MR) is 125 cm³/mol. The second kappa shape index (κ2) is 9.43. The number of nitrogens with one attached hydrogen (secondary N) is 1. The van der Waals surface area contributed by atoms with Crippen LogP contribution in [0, 0.1) is 0 Å². The first-order valence-corrected chi connectivity index (χ1v) is 12.9. The lowest BCUT2D eigenvalue weighted by Crippen LogP contribution is -2.29. The van der Waals surface area contributed by atoms with Gasteiger partial charge in [0.2, 0.25) is 15.9 Å². The summed E-state index contributed by atoms with van der Waals surface area (Å²) in [6.45, 7) is 0. The first kappa shape index (κ1) is 22.5. The van der Waals surface area contributed by atoms with Crippen molar-refractivity contribution in [2.24, 2.45) is 5.14 Å². The molecule has 0 bridgehead atoms. The Morgan fingerprint density at radius 2 is 1.78 bits per heavy atom. The second-order valence-corrected chi connectivity index (χ2v) is 10.3. The lowest BCUT2D eigenvalue weighted by Gasteiger charge is -2.26. The van der Waals surface area contributed by atoms with Gasteiger partial charge >= 0.3 is 0 Å². The van der Waals surface area contributed by atoms with Gasteiger partial charge in [0, 0.05) is 11.7 Å². The summed E-state index contributed by atoms with van der Waals surface area (Å²) in [5, 5.41) is 8.95. The number of hydrogen-bond acceptors (Lipinski definition) is 6. The molecule has 32 heavy (non-hydrogen) atoms. The number of hydrogen-bond donors (Lipinski definition) is 2. The molecule has 3 aromatic rings. The fraction of sp³-hybridized carbons (Fsp3) is 0.318. The van der Waals surface area contributed by atoms with Crippen LogP contribution in [0.25, 0.3) is 10.9 Å². The van der Waals surface area contributed by atoms with Gasteiger partial charge in [0.1, 0.15) is 0 Å². The number of carbonyl (C=O) groups is 1. The van der Waals surface area contributed by atoms with Gasteiger partial charge in [0.05, 0.1) is 21.6 Å². The minimum Gasteiger partial charge on any atom is -0.325 e. The molecule has 1 aliphatic carbocycles. The van der Waals surface area contributed by atoms with Crippen LogP contribution in [-0.4, -0.2) is 29.6 Å². The highest BCUT2D eigenvalue weighted by atomic mass is 32.2. The van der Waals surface area contributed by atoms with E-state index in [0.717, 1.165) is 25.7 Å². The number of nitrogens with two attached hydrogens (primary N) is 1. The monoisotopic (exact) mass is 472 g/mol. The highest BCUT2D eigenvalue weighted by Gasteiger charge is 2.22. The summed E-state index contributed by atoms with van der Waals surface area (Å²) in [6.07, 6.45) is 5.17. The van der Waals surface area contributed by atoms with Crippen molar-refractivity contribution < 1.29 is 13.2 Å². The molecule has 1 fully saturated rings. The fourth-order valence-electron chi connectivity index (χ4n) is 3.94. The molecule has 2 aromatic carbocycles. The molecule has 3 N–H and O–H groups in total. The van der Waals surface area contributed by atoms with Gasteiger partial charge in [-0.15, -0.1) is 0 Å². The van der Waals surface area contributed by atoms with Gasteiger partial charge in [-0.2, -0.15) is 0 Å². The van der Waals surface area contributed by atoms with Gasteiger partial charge in [-0.3, -0.25) is 14.2 Å². The molecule has 0 spiro atoms. The van der Waals surface area contributed by atoms with Crippen LogP contribution in [0.5, 0.6) is 0 Å². The third kappa shape index (κ3) is 5.03. The lowest BCUT2D eigenvalue weighted by molar-refractivity contribution is -0.113. The summed E-state index contributed by atoms with van der Waals surface area (Å²) in [4.78, 5) is 30.4. The number of carbonyl (C=O) groups excluding carboxylic acids is 1. The molecule has 8 nitrogen and oxygen atoms in total. The van der Waals surface area contributed by atoms with Crippen LogP contribution in [0.3, 0.4) is 0 Å². The van der Waals surface area contributed by atoms with Crippen molar-refractivity contribution >= 4 is 44.3 Å². The molecule has 0 atom stereocenters. The van der Waals surface area contributed by atoms with Crippen LogP contribution in [0.4, 0.5) is 5.69 Å². The molecule has 1 aliphatic rings. The Bertz CT molecular complexity index is 1300. The summed E-state index contributed by atoms with van der Waals surface area (Å²) in [6, 6.07) is 13.0. The molecule has 1 heterocycles. The zero-order valence-corrected chi connectivity index (χ0v) is 19.0. The van der Waals surface area contributed by atoms with Crippen LogP contribution in [-0.2, 0) is 14.8 Å². The van der Waals surface area contributed by atoms with Crippen molar-refractivity contribution in [2.75, 3.05) is 11.1 Å². The second-order valence-electron chi connectivity index (χ2n) is 7.78.